The van der Waals surface area contributed by atoms with Crippen molar-refractivity contribution in [1.29, 1.82) is 0 Å². The maximum Gasteiger partial charge on any atom is 0.139 e. The molecule has 224 valence electrons. The monoisotopic (exact) mass is 552 g/mol. The van der Waals surface area contributed by atoms with Gasteiger partial charge in [-0.15, -0.1) is 0 Å². The van der Waals surface area contributed by atoms with Gasteiger partial charge in [-0.3, -0.25) is 4.79 Å². The van der Waals surface area contributed by atoms with E-state index >= 15 is 0 Å². The Bertz CT molecular complexity index is 985. The molecule has 7 atom stereocenters. The summed E-state index contributed by atoms with van der Waals surface area (Å²) in [5.74, 6) is 1.99. The topological polar surface area (TPSA) is 77.8 Å². The average molecular weight is 553 g/mol. The van der Waals surface area contributed by atoms with Crippen LogP contribution in [0.1, 0.15) is 124 Å². The molecule has 4 rings (SSSR count). The molecule has 0 aliphatic heterocycles. The minimum Gasteiger partial charge on any atom is -0.393 e. The molecule has 0 aromatic carbocycles. The number of aliphatic hydroxyl groups excluding tert-OH is 3. The van der Waals surface area contributed by atoms with Crippen LogP contribution in [-0.4, -0.2) is 39.4 Å². The van der Waals surface area contributed by atoms with Crippen molar-refractivity contribution in [3.05, 3.63) is 47.6 Å². The highest BCUT2D eigenvalue weighted by Crippen LogP contribution is 2.59. The van der Waals surface area contributed by atoms with Gasteiger partial charge in [-0.05, 0) is 105 Å². The van der Waals surface area contributed by atoms with Crippen LogP contribution in [0.3, 0.4) is 0 Å². The molecule has 0 spiro atoms. The van der Waals surface area contributed by atoms with E-state index in [4.69, 9.17) is 0 Å². The molecular formula is C36H56O4. The van der Waals surface area contributed by atoms with Gasteiger partial charge in [0, 0.05) is 18.3 Å². The lowest BCUT2D eigenvalue weighted by molar-refractivity contribution is -0.124. The number of ketones is 1. The van der Waals surface area contributed by atoms with Crippen LogP contribution in [0.15, 0.2) is 47.6 Å². The van der Waals surface area contributed by atoms with Gasteiger partial charge < -0.3 is 15.3 Å². The maximum atomic E-state index is 12.8. The van der Waals surface area contributed by atoms with Crippen molar-refractivity contribution >= 4 is 5.78 Å². The Labute approximate surface area is 243 Å². The fraction of sp³-hybridized carbons (Fsp3) is 0.750. The molecule has 4 heteroatoms. The second kappa shape index (κ2) is 13.7. The van der Waals surface area contributed by atoms with Crippen molar-refractivity contribution < 1.29 is 20.1 Å². The fourth-order valence-electron chi connectivity index (χ4n) is 8.36. The molecule has 3 N–H and O–H groups in total. The van der Waals surface area contributed by atoms with Crippen LogP contribution in [0.4, 0.5) is 0 Å². The first-order valence-corrected chi connectivity index (χ1v) is 16.4. The zero-order chi connectivity index (χ0) is 28.9. The molecule has 4 saturated carbocycles. The summed E-state index contributed by atoms with van der Waals surface area (Å²) in [6.07, 6.45) is 22.8. The summed E-state index contributed by atoms with van der Waals surface area (Å²) in [5.41, 5.74) is 3.38. The summed E-state index contributed by atoms with van der Waals surface area (Å²) in [7, 11) is 0. The molecule has 0 radical (unpaired) electrons. The highest BCUT2D eigenvalue weighted by Gasteiger charge is 2.50. The van der Waals surface area contributed by atoms with E-state index < -0.39 is 18.3 Å². The van der Waals surface area contributed by atoms with E-state index in [1.807, 2.05) is 6.08 Å². The van der Waals surface area contributed by atoms with Crippen molar-refractivity contribution in [3.63, 3.8) is 0 Å². The van der Waals surface area contributed by atoms with Crippen LogP contribution in [0, 0.1) is 28.6 Å². The SMILES string of the molecule is C=C1/C(=C\C=C2/CCC[C@]3(C)[C@@H]([C@H](C)/C=C/[C@H](O)CCC4(C(=O)CCCCCC)CC4)CC[C@@H]23)C[C@@H](O)C[C@@H]1O. The van der Waals surface area contributed by atoms with Crippen molar-refractivity contribution in [2.24, 2.45) is 28.6 Å². The van der Waals surface area contributed by atoms with Crippen molar-refractivity contribution in [3.8, 4) is 0 Å². The number of hydrogen-bond acceptors (Lipinski definition) is 4. The van der Waals surface area contributed by atoms with Crippen molar-refractivity contribution in [2.75, 3.05) is 0 Å². The molecule has 4 aliphatic carbocycles. The molecule has 4 fully saturated rings. The molecule has 0 aromatic heterocycles. The molecule has 4 aliphatic rings. The largest absolute Gasteiger partial charge is 0.393 e. The van der Waals surface area contributed by atoms with Crippen LogP contribution < -0.4 is 0 Å². The Morgan fingerprint density at radius 2 is 1.88 bits per heavy atom. The van der Waals surface area contributed by atoms with Crippen LogP contribution in [0.5, 0.6) is 0 Å². The number of unbranched alkanes of at least 4 members (excludes halogenated alkanes) is 3. The summed E-state index contributed by atoms with van der Waals surface area (Å²) in [6.45, 7) is 11.1. The minimum absolute atomic E-state index is 0.126. The quantitative estimate of drug-likeness (QED) is 0.161. The first kappa shape index (κ1) is 31.4. The van der Waals surface area contributed by atoms with Gasteiger partial charge in [-0.1, -0.05) is 76.5 Å². The maximum absolute atomic E-state index is 12.8. The minimum atomic E-state index is -0.644. The highest BCUT2D eigenvalue weighted by molar-refractivity contribution is 5.87. The summed E-state index contributed by atoms with van der Waals surface area (Å²) in [6, 6.07) is 0. The number of carbonyl (C=O) groups excluding carboxylic acids is 1. The van der Waals surface area contributed by atoms with Crippen molar-refractivity contribution in [1.82, 2.24) is 0 Å². The zero-order valence-electron chi connectivity index (χ0n) is 25.5. The molecule has 40 heavy (non-hydrogen) atoms. The molecule has 0 unspecified atom stereocenters. The van der Waals surface area contributed by atoms with Gasteiger partial charge >= 0.3 is 0 Å². The lowest BCUT2D eigenvalue weighted by Gasteiger charge is -2.44. The van der Waals surface area contributed by atoms with E-state index in [9.17, 15) is 20.1 Å². The van der Waals surface area contributed by atoms with Gasteiger partial charge in [0.15, 0.2) is 0 Å². The van der Waals surface area contributed by atoms with E-state index in [2.05, 4.69) is 45.6 Å². The number of rotatable bonds is 13. The van der Waals surface area contributed by atoms with Gasteiger partial charge in [-0.2, -0.15) is 0 Å². The van der Waals surface area contributed by atoms with Crippen molar-refractivity contribution in [2.45, 2.75) is 142 Å². The Kier molecular flexibility index (Phi) is 10.7. The predicted octanol–water partition coefficient (Wildman–Crippen LogP) is 7.78. The van der Waals surface area contributed by atoms with Crippen LogP contribution in [0.25, 0.3) is 0 Å². The summed E-state index contributed by atoms with van der Waals surface area (Å²) in [5, 5.41) is 31.1. The first-order chi connectivity index (χ1) is 19.1. The Balaban J connectivity index is 1.31. The molecule has 0 bridgehead atoms. The highest BCUT2D eigenvalue weighted by atomic mass is 16.3. The zero-order valence-corrected chi connectivity index (χ0v) is 25.5. The van der Waals surface area contributed by atoms with E-state index in [0.717, 1.165) is 56.1 Å². The van der Waals surface area contributed by atoms with Gasteiger partial charge in [-0.25, -0.2) is 0 Å². The Morgan fingerprint density at radius 3 is 2.60 bits per heavy atom. The molecule has 0 aromatic rings. The normalized spacial score (nSPS) is 35.3. The van der Waals surface area contributed by atoms with Gasteiger partial charge in [0.05, 0.1) is 18.3 Å². The Morgan fingerprint density at radius 1 is 1.10 bits per heavy atom. The first-order valence-electron chi connectivity index (χ1n) is 16.4. The second-order valence-corrected chi connectivity index (χ2v) is 14.0. The van der Waals surface area contributed by atoms with Crippen LogP contribution in [-0.2, 0) is 4.79 Å². The molecule has 0 heterocycles. The van der Waals surface area contributed by atoms with E-state index in [1.165, 1.54) is 44.1 Å². The van der Waals surface area contributed by atoms with E-state index in [0.29, 0.717) is 42.8 Å². The van der Waals surface area contributed by atoms with E-state index in [1.54, 1.807) is 0 Å². The third kappa shape index (κ3) is 7.28. The van der Waals surface area contributed by atoms with Crippen LogP contribution >= 0.6 is 0 Å². The summed E-state index contributed by atoms with van der Waals surface area (Å²) >= 11 is 0. The number of aliphatic hydroxyl groups is 3. The molecular weight excluding hydrogens is 496 g/mol. The van der Waals surface area contributed by atoms with Gasteiger partial charge in [0.25, 0.3) is 0 Å². The Hall–Kier alpha value is -1.49. The van der Waals surface area contributed by atoms with Crippen LogP contribution in [0.2, 0.25) is 0 Å². The molecule has 0 saturated heterocycles. The number of carbonyl (C=O) groups is 1. The van der Waals surface area contributed by atoms with E-state index in [-0.39, 0.29) is 10.8 Å². The van der Waals surface area contributed by atoms with Gasteiger partial charge in [0.2, 0.25) is 0 Å². The third-order valence-corrected chi connectivity index (χ3v) is 11.2. The predicted molar refractivity (Wildman–Crippen MR) is 164 cm³/mol. The fourth-order valence-corrected chi connectivity index (χ4v) is 8.36. The standard InChI is InChI=1S/C36H56O4/c1-5-6-7-8-11-34(40)36(21-22-36)20-18-29(37)15-12-25(2)31-16-17-32-27(10-9-19-35(31,32)4)13-14-28-23-30(38)24-33(39)26(28)3/h12-15,25,29-33,37-39H,3,5-11,16-24H2,1-2,4H3/b15-12+,27-13+,28-14-/t25-,29+,30-,31-,32+,33+,35-/m1/s1. The summed E-state index contributed by atoms with van der Waals surface area (Å²) in [4.78, 5) is 12.8. The number of fused-ring (bicyclic) bond motifs is 1. The number of hydrogen-bond donors (Lipinski definition) is 3. The number of Topliss-reactive ketones (excluding diaryl/α,β-unsaturated/α-hetero) is 1. The third-order valence-electron chi connectivity index (χ3n) is 11.2. The molecule has 4 nitrogen and oxygen atoms in total. The number of allylic oxidation sites excluding steroid dienone is 4. The lowest BCUT2D eigenvalue weighted by atomic mass is 9.61. The molecule has 0 amide bonds. The van der Waals surface area contributed by atoms with Gasteiger partial charge in [0.1, 0.15) is 5.78 Å². The average Bonchev–Trinajstić information content (AvgIpc) is 3.64. The lowest BCUT2D eigenvalue weighted by Crippen LogP contribution is -2.35. The second-order valence-electron chi connectivity index (χ2n) is 14.0. The smallest absolute Gasteiger partial charge is 0.139 e. The summed E-state index contributed by atoms with van der Waals surface area (Å²) < 4.78 is 0.